The van der Waals surface area contributed by atoms with Gasteiger partial charge >= 0.3 is 0 Å². The molecule has 2 aromatic carbocycles. The molecule has 2 N–H and O–H groups in total. The molecule has 0 aliphatic carbocycles. The average Bonchev–Trinajstić information content (AvgIpc) is 3.24. The first-order valence-electron chi connectivity index (χ1n) is 9.52. The fraction of sp³-hybridized carbons (Fsp3) is 0.318. The number of hydrogen-bond donors (Lipinski definition) is 2. The minimum atomic E-state index is -0.363. The Hall–Kier alpha value is -2.86. The summed E-state index contributed by atoms with van der Waals surface area (Å²) in [6.07, 6.45) is 2.86. The normalized spacial score (nSPS) is 20.0. The van der Waals surface area contributed by atoms with E-state index in [0.29, 0.717) is 22.9 Å². The third kappa shape index (κ3) is 3.47. The predicted molar refractivity (Wildman–Crippen MR) is 112 cm³/mol. The number of anilines is 3. The van der Waals surface area contributed by atoms with Gasteiger partial charge in [0.05, 0.1) is 11.3 Å². The van der Waals surface area contributed by atoms with Crippen molar-refractivity contribution < 1.29 is 9.18 Å². The molecule has 0 saturated carbocycles. The second kappa shape index (κ2) is 7.28. The van der Waals surface area contributed by atoms with Gasteiger partial charge in [0.2, 0.25) is 0 Å². The maximum absolute atomic E-state index is 13.4. The minimum Gasteiger partial charge on any atom is -0.370 e. The number of amides is 1. The van der Waals surface area contributed by atoms with Crippen molar-refractivity contribution in [2.45, 2.75) is 19.4 Å². The van der Waals surface area contributed by atoms with E-state index in [1.54, 1.807) is 12.3 Å². The largest absolute Gasteiger partial charge is 0.370 e. The molecule has 2 aliphatic rings. The minimum absolute atomic E-state index is 0.228. The third-order valence-electron chi connectivity index (χ3n) is 5.58. The maximum Gasteiger partial charge on any atom is 0.257 e. The number of aryl methyl sites for hydroxylation is 1. The SMILES string of the molecule is Cc1cc(NC=C2C(=O)Nc3cc(F)ccc32)ccc1N1CCC(N(C)C)C1. The Morgan fingerprint density at radius 3 is 2.79 bits per heavy atom. The molecule has 0 aromatic heterocycles. The van der Waals surface area contributed by atoms with E-state index < -0.39 is 0 Å². The molecule has 0 radical (unpaired) electrons. The van der Waals surface area contributed by atoms with Gasteiger partial charge in [0.15, 0.2) is 0 Å². The van der Waals surface area contributed by atoms with Gasteiger partial charge in [-0.15, -0.1) is 0 Å². The zero-order valence-electron chi connectivity index (χ0n) is 16.4. The summed E-state index contributed by atoms with van der Waals surface area (Å²) in [7, 11) is 4.26. The van der Waals surface area contributed by atoms with Crippen molar-refractivity contribution in [2.75, 3.05) is 42.7 Å². The number of nitrogens with zero attached hydrogens (tertiary/aromatic N) is 2. The van der Waals surface area contributed by atoms with Gasteiger partial charge in [-0.2, -0.15) is 0 Å². The quantitative estimate of drug-likeness (QED) is 0.795. The second-order valence-corrected chi connectivity index (χ2v) is 7.70. The van der Waals surface area contributed by atoms with E-state index in [4.69, 9.17) is 0 Å². The number of rotatable bonds is 4. The van der Waals surface area contributed by atoms with Crippen LogP contribution in [0.3, 0.4) is 0 Å². The zero-order valence-corrected chi connectivity index (χ0v) is 16.4. The van der Waals surface area contributed by atoms with Crippen molar-refractivity contribution in [3.63, 3.8) is 0 Å². The Morgan fingerprint density at radius 1 is 1.25 bits per heavy atom. The van der Waals surface area contributed by atoms with Crippen molar-refractivity contribution in [1.29, 1.82) is 0 Å². The van der Waals surface area contributed by atoms with Crippen LogP contribution in [0.4, 0.5) is 21.5 Å². The Labute approximate surface area is 164 Å². The predicted octanol–water partition coefficient (Wildman–Crippen LogP) is 3.68. The van der Waals surface area contributed by atoms with Gasteiger partial charge in [0, 0.05) is 42.3 Å². The van der Waals surface area contributed by atoms with E-state index in [-0.39, 0.29) is 11.7 Å². The maximum atomic E-state index is 13.4. The summed E-state index contributed by atoms with van der Waals surface area (Å²) in [6.45, 7) is 4.21. The number of benzene rings is 2. The fourth-order valence-corrected chi connectivity index (χ4v) is 3.95. The van der Waals surface area contributed by atoms with Gasteiger partial charge in [-0.05, 0) is 69.4 Å². The molecule has 4 rings (SSSR count). The zero-order chi connectivity index (χ0) is 19.8. The van der Waals surface area contributed by atoms with Crippen molar-refractivity contribution in [2.24, 2.45) is 0 Å². The summed E-state index contributed by atoms with van der Waals surface area (Å²) in [6, 6.07) is 11.2. The van der Waals surface area contributed by atoms with Crippen LogP contribution in [0.25, 0.3) is 5.57 Å². The highest BCUT2D eigenvalue weighted by Crippen LogP contribution is 2.33. The van der Waals surface area contributed by atoms with Crippen LogP contribution in [0.5, 0.6) is 0 Å². The van der Waals surface area contributed by atoms with E-state index >= 15 is 0 Å². The molecule has 1 saturated heterocycles. The summed E-state index contributed by atoms with van der Waals surface area (Å²) >= 11 is 0. The lowest BCUT2D eigenvalue weighted by Crippen LogP contribution is -2.31. The van der Waals surface area contributed by atoms with E-state index in [9.17, 15) is 9.18 Å². The molecule has 2 heterocycles. The highest BCUT2D eigenvalue weighted by Gasteiger charge is 2.26. The number of carbonyl (C=O) groups excluding carboxylic acids is 1. The van der Waals surface area contributed by atoms with Gasteiger partial charge < -0.3 is 20.4 Å². The summed E-state index contributed by atoms with van der Waals surface area (Å²) < 4.78 is 13.4. The number of halogens is 1. The van der Waals surface area contributed by atoms with Gasteiger partial charge in [0.25, 0.3) is 5.91 Å². The fourth-order valence-electron chi connectivity index (χ4n) is 3.95. The molecular weight excluding hydrogens is 355 g/mol. The van der Waals surface area contributed by atoms with E-state index in [2.05, 4.69) is 53.6 Å². The molecule has 5 nitrogen and oxygen atoms in total. The lowest BCUT2D eigenvalue weighted by Gasteiger charge is -2.23. The lowest BCUT2D eigenvalue weighted by molar-refractivity contribution is -0.110. The molecule has 6 heteroatoms. The van der Waals surface area contributed by atoms with Crippen molar-refractivity contribution >= 4 is 28.5 Å². The van der Waals surface area contributed by atoms with Gasteiger partial charge in [-0.25, -0.2) is 4.39 Å². The molecule has 2 aliphatic heterocycles. The number of fused-ring (bicyclic) bond motifs is 1. The van der Waals surface area contributed by atoms with Crippen molar-refractivity contribution in [3.8, 4) is 0 Å². The molecule has 0 spiro atoms. The summed E-state index contributed by atoms with van der Waals surface area (Å²) in [5.74, 6) is -0.592. The monoisotopic (exact) mass is 380 g/mol. The van der Waals surface area contributed by atoms with Gasteiger partial charge in [-0.3, -0.25) is 4.79 Å². The highest BCUT2D eigenvalue weighted by molar-refractivity contribution is 6.31. The Kier molecular flexibility index (Phi) is 4.81. The number of carbonyl (C=O) groups is 1. The molecule has 28 heavy (non-hydrogen) atoms. The summed E-state index contributed by atoms with van der Waals surface area (Å²) in [5, 5.41) is 5.91. The molecule has 146 valence electrons. The molecule has 1 atom stereocenters. The van der Waals surface area contributed by atoms with E-state index in [0.717, 1.165) is 18.8 Å². The molecular formula is C22H25FN4O. The van der Waals surface area contributed by atoms with Crippen molar-refractivity contribution in [1.82, 2.24) is 4.90 Å². The Morgan fingerprint density at radius 2 is 2.07 bits per heavy atom. The average molecular weight is 380 g/mol. The smallest absolute Gasteiger partial charge is 0.257 e. The van der Waals surface area contributed by atoms with E-state index in [1.165, 1.54) is 29.8 Å². The van der Waals surface area contributed by atoms with Crippen LogP contribution in [0.15, 0.2) is 42.6 Å². The lowest BCUT2D eigenvalue weighted by atomic mass is 10.1. The van der Waals surface area contributed by atoms with Crippen LogP contribution in [0.1, 0.15) is 17.5 Å². The first-order valence-corrected chi connectivity index (χ1v) is 9.52. The van der Waals surface area contributed by atoms with Gasteiger partial charge in [-0.1, -0.05) is 0 Å². The van der Waals surface area contributed by atoms with Crippen LogP contribution in [0, 0.1) is 12.7 Å². The molecule has 2 aromatic rings. The number of likely N-dealkylation sites (N-methyl/N-ethyl adjacent to an activating group) is 1. The van der Waals surface area contributed by atoms with Crippen LogP contribution >= 0.6 is 0 Å². The Balaban J connectivity index is 1.50. The molecule has 1 amide bonds. The van der Waals surface area contributed by atoms with Crippen LogP contribution in [0.2, 0.25) is 0 Å². The Bertz CT molecular complexity index is 954. The van der Waals surface area contributed by atoms with Crippen molar-refractivity contribution in [3.05, 3.63) is 59.5 Å². The van der Waals surface area contributed by atoms with Crippen LogP contribution in [-0.4, -0.2) is 44.0 Å². The first-order chi connectivity index (χ1) is 13.4. The molecule has 1 unspecified atom stereocenters. The van der Waals surface area contributed by atoms with Crippen LogP contribution < -0.4 is 15.5 Å². The number of hydrogen-bond acceptors (Lipinski definition) is 4. The standard InChI is InChI=1S/C22H25FN4O/c1-14-10-16(5-7-21(14)27-9-8-17(13-27)26(2)3)24-12-19-18-6-4-15(23)11-20(18)25-22(19)28/h4-7,10-12,17,24H,8-9,13H2,1-3H3,(H,25,28). The third-order valence-corrected chi connectivity index (χ3v) is 5.58. The molecule has 1 fully saturated rings. The number of nitrogens with one attached hydrogen (secondary N) is 2. The second-order valence-electron chi connectivity index (χ2n) is 7.70. The highest BCUT2D eigenvalue weighted by atomic mass is 19.1. The summed E-state index contributed by atoms with van der Waals surface area (Å²) in [4.78, 5) is 16.9. The molecule has 0 bridgehead atoms. The van der Waals surface area contributed by atoms with Crippen LogP contribution in [-0.2, 0) is 4.79 Å². The van der Waals surface area contributed by atoms with Gasteiger partial charge in [0.1, 0.15) is 5.82 Å². The topological polar surface area (TPSA) is 47.6 Å². The first kappa shape index (κ1) is 18.5. The summed E-state index contributed by atoms with van der Waals surface area (Å²) in [5.41, 5.74) is 5.08. The van der Waals surface area contributed by atoms with E-state index in [1.807, 2.05) is 6.07 Å².